The van der Waals surface area contributed by atoms with E-state index in [2.05, 4.69) is 4.98 Å². The highest BCUT2D eigenvalue weighted by atomic mass is 32.2. The maximum atomic E-state index is 13.0. The number of amides is 2. The maximum absolute atomic E-state index is 13.0. The Labute approximate surface area is 193 Å². The number of thioether (sulfide) groups is 1. The summed E-state index contributed by atoms with van der Waals surface area (Å²) in [6.45, 7) is 3.10. The summed E-state index contributed by atoms with van der Waals surface area (Å²) in [4.78, 5) is 56.4. The normalized spacial score (nSPS) is 13.2. The summed E-state index contributed by atoms with van der Waals surface area (Å²) >= 11 is 2.47. The van der Waals surface area contributed by atoms with Crippen molar-refractivity contribution in [1.29, 1.82) is 0 Å². The molecule has 32 heavy (non-hydrogen) atoms. The van der Waals surface area contributed by atoms with Crippen LogP contribution in [0.5, 0.6) is 0 Å². The Balaban J connectivity index is 1.73. The topological polar surface area (TPSA) is 106 Å². The van der Waals surface area contributed by atoms with Gasteiger partial charge in [0.05, 0.1) is 30.5 Å². The molecule has 1 aromatic heterocycles. The number of carbonyl (C=O) groups excluding carboxylic acids is 4. The van der Waals surface area contributed by atoms with Crippen molar-refractivity contribution in [2.45, 2.75) is 20.4 Å². The van der Waals surface area contributed by atoms with Crippen LogP contribution in [0.15, 0.2) is 30.3 Å². The fourth-order valence-corrected chi connectivity index (χ4v) is 4.76. The quantitative estimate of drug-likeness (QED) is 0.506. The molecule has 1 aliphatic rings. The molecule has 0 atom stereocenters. The highest BCUT2D eigenvalue weighted by Crippen LogP contribution is 2.28. The molecule has 3 rings (SSSR count). The number of benzene rings is 1. The zero-order chi connectivity index (χ0) is 23.1. The molecule has 0 aliphatic carbocycles. The van der Waals surface area contributed by atoms with Gasteiger partial charge in [0.2, 0.25) is 5.91 Å². The molecule has 2 amide bonds. The molecule has 170 valence electrons. The molecule has 9 nitrogen and oxygen atoms in total. The summed E-state index contributed by atoms with van der Waals surface area (Å²) < 4.78 is 10.2. The second-order valence-electron chi connectivity index (χ2n) is 6.83. The first-order valence-corrected chi connectivity index (χ1v) is 11.9. The van der Waals surface area contributed by atoms with Crippen molar-refractivity contribution in [3.05, 3.63) is 46.5 Å². The van der Waals surface area contributed by atoms with Gasteiger partial charge in [-0.3, -0.25) is 19.3 Å². The molecule has 1 saturated heterocycles. The van der Waals surface area contributed by atoms with E-state index in [4.69, 9.17) is 9.47 Å². The maximum Gasteiger partial charge on any atom is 0.350 e. The molecule has 0 saturated carbocycles. The van der Waals surface area contributed by atoms with Gasteiger partial charge < -0.3 is 14.4 Å². The molecule has 0 unspecified atom stereocenters. The van der Waals surface area contributed by atoms with Gasteiger partial charge in [0.25, 0.3) is 5.91 Å². The SMILES string of the molecule is CCOC(=O)c1sc(N(Cc2ccccc2)C(=O)COC(=O)CN2CSCC2=O)nc1C. The van der Waals surface area contributed by atoms with Crippen molar-refractivity contribution >= 4 is 52.0 Å². The smallest absolute Gasteiger partial charge is 0.350 e. The number of anilines is 1. The van der Waals surface area contributed by atoms with E-state index in [0.29, 0.717) is 27.3 Å². The van der Waals surface area contributed by atoms with E-state index in [9.17, 15) is 19.2 Å². The predicted molar refractivity (Wildman–Crippen MR) is 120 cm³/mol. The van der Waals surface area contributed by atoms with E-state index < -0.39 is 24.5 Å². The fraction of sp³-hybridized carbons (Fsp3) is 0.381. The number of esters is 2. The lowest BCUT2D eigenvalue weighted by Crippen LogP contribution is -2.37. The van der Waals surface area contributed by atoms with Crippen LogP contribution in [-0.4, -0.2) is 65.0 Å². The number of aryl methyl sites for hydroxylation is 1. The van der Waals surface area contributed by atoms with Gasteiger partial charge in [0, 0.05) is 0 Å². The second-order valence-corrected chi connectivity index (χ2v) is 8.76. The monoisotopic (exact) mass is 477 g/mol. The van der Waals surface area contributed by atoms with E-state index in [1.165, 1.54) is 21.6 Å². The standard InChI is InChI=1S/C21H23N3O6S2/c1-3-29-20(28)19-14(2)22-21(32-19)24(9-15-7-5-4-6-8-15)16(25)11-30-18(27)10-23-13-31-12-17(23)26/h4-8H,3,9-13H2,1-2H3. The Morgan fingerprint density at radius 3 is 2.59 bits per heavy atom. The molecule has 2 aromatic rings. The average Bonchev–Trinajstić information content (AvgIpc) is 3.36. The Morgan fingerprint density at radius 1 is 1.19 bits per heavy atom. The number of carbonyl (C=O) groups is 4. The second kappa shape index (κ2) is 11.1. The molecule has 2 heterocycles. The van der Waals surface area contributed by atoms with Crippen molar-refractivity contribution in [2.75, 3.05) is 36.3 Å². The minimum atomic E-state index is -0.656. The van der Waals surface area contributed by atoms with Crippen LogP contribution in [0.25, 0.3) is 0 Å². The molecule has 0 radical (unpaired) electrons. The van der Waals surface area contributed by atoms with Crippen molar-refractivity contribution in [1.82, 2.24) is 9.88 Å². The largest absolute Gasteiger partial charge is 0.462 e. The zero-order valence-corrected chi connectivity index (χ0v) is 19.4. The van der Waals surface area contributed by atoms with Gasteiger partial charge in [0.1, 0.15) is 11.4 Å². The van der Waals surface area contributed by atoms with Crippen LogP contribution in [0.3, 0.4) is 0 Å². The number of hydrogen-bond acceptors (Lipinski definition) is 9. The van der Waals surface area contributed by atoms with Crippen LogP contribution in [0.2, 0.25) is 0 Å². The van der Waals surface area contributed by atoms with Crippen LogP contribution in [0.4, 0.5) is 5.13 Å². The number of aromatic nitrogens is 1. The Kier molecular flexibility index (Phi) is 8.23. The first-order valence-electron chi connectivity index (χ1n) is 9.89. The minimum Gasteiger partial charge on any atom is -0.462 e. The van der Waals surface area contributed by atoms with Gasteiger partial charge in [-0.2, -0.15) is 0 Å². The van der Waals surface area contributed by atoms with Crippen LogP contribution in [-0.2, 0) is 30.4 Å². The fourth-order valence-electron chi connectivity index (χ4n) is 2.87. The van der Waals surface area contributed by atoms with Crippen LogP contribution in [0.1, 0.15) is 27.9 Å². The first kappa shape index (κ1) is 23.7. The van der Waals surface area contributed by atoms with Crippen molar-refractivity contribution in [2.24, 2.45) is 0 Å². The zero-order valence-electron chi connectivity index (χ0n) is 17.7. The van der Waals surface area contributed by atoms with Gasteiger partial charge in [-0.1, -0.05) is 41.7 Å². The van der Waals surface area contributed by atoms with E-state index in [1.54, 1.807) is 13.8 Å². The van der Waals surface area contributed by atoms with Gasteiger partial charge in [-0.05, 0) is 19.4 Å². The third kappa shape index (κ3) is 6.07. The van der Waals surface area contributed by atoms with E-state index >= 15 is 0 Å². The van der Waals surface area contributed by atoms with Crippen LogP contribution in [0, 0.1) is 6.92 Å². The lowest BCUT2D eigenvalue weighted by atomic mass is 10.2. The molecular weight excluding hydrogens is 454 g/mol. The first-order chi connectivity index (χ1) is 15.4. The summed E-state index contributed by atoms with van der Waals surface area (Å²) in [6.07, 6.45) is 0. The van der Waals surface area contributed by atoms with Crippen molar-refractivity contribution in [3.63, 3.8) is 0 Å². The third-order valence-corrected chi connectivity index (χ3v) is 6.57. The molecule has 11 heteroatoms. The Morgan fingerprint density at radius 2 is 1.94 bits per heavy atom. The minimum absolute atomic E-state index is 0.131. The Bertz CT molecular complexity index is 995. The van der Waals surface area contributed by atoms with Gasteiger partial charge >= 0.3 is 11.9 Å². The summed E-state index contributed by atoms with van der Waals surface area (Å²) in [7, 11) is 0. The van der Waals surface area contributed by atoms with Gasteiger partial charge in [0.15, 0.2) is 11.7 Å². The van der Waals surface area contributed by atoms with Gasteiger partial charge in [-0.25, -0.2) is 9.78 Å². The number of hydrogen-bond donors (Lipinski definition) is 0. The number of rotatable bonds is 9. The lowest BCUT2D eigenvalue weighted by molar-refractivity contribution is -0.150. The molecule has 0 N–H and O–H groups in total. The molecule has 0 spiro atoms. The highest BCUT2D eigenvalue weighted by molar-refractivity contribution is 8.00. The summed E-state index contributed by atoms with van der Waals surface area (Å²) in [5.41, 5.74) is 1.30. The van der Waals surface area contributed by atoms with Crippen molar-refractivity contribution in [3.8, 4) is 0 Å². The number of thiazole rings is 1. The average molecular weight is 478 g/mol. The summed E-state index contributed by atoms with van der Waals surface area (Å²) in [6, 6.07) is 9.27. The molecular formula is C21H23N3O6S2. The third-order valence-electron chi connectivity index (χ3n) is 4.46. The summed E-state index contributed by atoms with van der Waals surface area (Å²) in [5.74, 6) is -1.01. The molecule has 0 bridgehead atoms. The van der Waals surface area contributed by atoms with Crippen LogP contribution >= 0.6 is 23.1 Å². The lowest BCUT2D eigenvalue weighted by Gasteiger charge is -2.20. The number of ether oxygens (including phenoxy) is 2. The predicted octanol–water partition coefficient (Wildman–Crippen LogP) is 2.24. The molecule has 1 aromatic carbocycles. The summed E-state index contributed by atoms with van der Waals surface area (Å²) in [5, 5.41) is 0.307. The van der Waals surface area contributed by atoms with Crippen molar-refractivity contribution < 1.29 is 28.7 Å². The van der Waals surface area contributed by atoms with Crippen LogP contribution < -0.4 is 4.90 Å². The highest BCUT2D eigenvalue weighted by Gasteiger charge is 2.27. The van der Waals surface area contributed by atoms with E-state index in [1.807, 2.05) is 30.3 Å². The molecule has 1 fully saturated rings. The number of nitrogens with zero attached hydrogens (tertiary/aromatic N) is 3. The van der Waals surface area contributed by atoms with Gasteiger partial charge in [-0.15, -0.1) is 11.8 Å². The van der Waals surface area contributed by atoms with E-state index in [-0.39, 0.29) is 25.6 Å². The molecule has 1 aliphatic heterocycles. The Hall–Kier alpha value is -2.92. The van der Waals surface area contributed by atoms with E-state index in [0.717, 1.165) is 16.9 Å².